The van der Waals surface area contributed by atoms with Crippen LogP contribution in [0.5, 0.6) is 0 Å². The van der Waals surface area contributed by atoms with Crippen molar-refractivity contribution in [3.8, 4) is 0 Å². The highest BCUT2D eigenvalue weighted by Gasteiger charge is 2.15. The molecule has 2 aromatic heterocycles. The normalized spacial score (nSPS) is 10.8. The molecular formula is C24H21N3O2. The lowest BCUT2D eigenvalue weighted by molar-refractivity contribution is 0.0940. The molecule has 1 N–H and O–H groups in total. The predicted molar refractivity (Wildman–Crippen MR) is 114 cm³/mol. The lowest BCUT2D eigenvalue weighted by atomic mass is 10.1. The number of aryl methyl sites for hydroxylation is 1. The van der Waals surface area contributed by atoms with E-state index >= 15 is 0 Å². The molecule has 4 aromatic rings. The smallest absolute Gasteiger partial charge is 0.268 e. The Hall–Kier alpha value is -3.73. The molecule has 0 aliphatic rings. The van der Waals surface area contributed by atoms with Crippen LogP contribution in [0.3, 0.4) is 0 Å². The number of aromatic nitrogens is 2. The van der Waals surface area contributed by atoms with Gasteiger partial charge in [-0.1, -0.05) is 54.6 Å². The number of carbonyl (C=O) groups is 1. The second kappa shape index (κ2) is 8.52. The Kier molecular flexibility index (Phi) is 5.47. The third kappa shape index (κ3) is 4.24. The van der Waals surface area contributed by atoms with Gasteiger partial charge in [0.1, 0.15) is 5.69 Å². The molecule has 2 heterocycles. The summed E-state index contributed by atoms with van der Waals surface area (Å²) in [6.07, 6.45) is 2.35. The number of amides is 1. The van der Waals surface area contributed by atoms with Gasteiger partial charge in [-0.15, -0.1) is 0 Å². The standard InChI is InChI=1S/C24H21N3O2/c28-23(26-17-20-11-6-7-14-25-20)22-16-19-10-4-5-12-21(19)24(29)27(22)15-13-18-8-2-1-3-9-18/h1-12,14,16H,13,15,17H2,(H,26,28). The third-order valence-corrected chi connectivity index (χ3v) is 4.88. The van der Waals surface area contributed by atoms with Crippen LogP contribution in [-0.4, -0.2) is 15.5 Å². The fourth-order valence-electron chi connectivity index (χ4n) is 3.36. The number of fused-ring (bicyclic) bond motifs is 1. The van der Waals surface area contributed by atoms with Gasteiger partial charge < -0.3 is 9.88 Å². The summed E-state index contributed by atoms with van der Waals surface area (Å²) in [7, 11) is 0. The van der Waals surface area contributed by atoms with Crippen molar-refractivity contribution in [2.24, 2.45) is 0 Å². The highest BCUT2D eigenvalue weighted by atomic mass is 16.2. The second-order valence-corrected chi connectivity index (χ2v) is 6.81. The van der Waals surface area contributed by atoms with Gasteiger partial charge in [0, 0.05) is 18.1 Å². The first kappa shape index (κ1) is 18.6. The number of nitrogens with zero attached hydrogens (tertiary/aromatic N) is 2. The maximum Gasteiger partial charge on any atom is 0.268 e. The van der Waals surface area contributed by atoms with Crippen molar-refractivity contribution in [3.05, 3.63) is 112 Å². The van der Waals surface area contributed by atoms with Crippen molar-refractivity contribution in [1.82, 2.24) is 14.9 Å². The zero-order valence-electron chi connectivity index (χ0n) is 15.9. The minimum absolute atomic E-state index is 0.151. The molecule has 5 nitrogen and oxygen atoms in total. The van der Waals surface area contributed by atoms with Crippen LogP contribution in [0.15, 0.2) is 89.9 Å². The van der Waals surface area contributed by atoms with Crippen molar-refractivity contribution < 1.29 is 4.79 Å². The van der Waals surface area contributed by atoms with Gasteiger partial charge in [0.25, 0.3) is 11.5 Å². The lowest BCUT2D eigenvalue weighted by Crippen LogP contribution is -2.33. The van der Waals surface area contributed by atoms with E-state index < -0.39 is 0 Å². The van der Waals surface area contributed by atoms with Gasteiger partial charge in [0.15, 0.2) is 0 Å². The first-order chi connectivity index (χ1) is 14.2. The summed E-state index contributed by atoms with van der Waals surface area (Å²) in [6.45, 7) is 0.736. The van der Waals surface area contributed by atoms with E-state index in [1.165, 1.54) is 0 Å². The predicted octanol–water partition coefficient (Wildman–Crippen LogP) is 3.57. The van der Waals surface area contributed by atoms with Gasteiger partial charge in [-0.05, 0) is 41.6 Å². The Bertz CT molecular complexity index is 1190. The Morgan fingerprint density at radius 2 is 1.69 bits per heavy atom. The van der Waals surface area contributed by atoms with E-state index in [-0.39, 0.29) is 11.5 Å². The van der Waals surface area contributed by atoms with Gasteiger partial charge in [-0.25, -0.2) is 0 Å². The summed E-state index contributed by atoms with van der Waals surface area (Å²) in [5.41, 5.74) is 2.09. The summed E-state index contributed by atoms with van der Waals surface area (Å²) in [5, 5.41) is 4.26. The number of carbonyl (C=O) groups excluding carboxylic acids is 1. The number of hydrogen-bond donors (Lipinski definition) is 1. The first-order valence-corrected chi connectivity index (χ1v) is 9.57. The summed E-state index contributed by atoms with van der Waals surface area (Å²) in [5.74, 6) is -0.286. The molecule has 0 unspecified atom stereocenters. The van der Waals surface area contributed by atoms with Crippen molar-refractivity contribution in [2.75, 3.05) is 0 Å². The average Bonchev–Trinajstić information content (AvgIpc) is 2.78. The van der Waals surface area contributed by atoms with E-state index in [0.29, 0.717) is 30.6 Å². The summed E-state index contributed by atoms with van der Waals surface area (Å²) in [6, 6.07) is 24.6. The molecule has 0 radical (unpaired) electrons. The van der Waals surface area contributed by atoms with Crippen molar-refractivity contribution >= 4 is 16.7 Å². The monoisotopic (exact) mass is 383 g/mol. The van der Waals surface area contributed by atoms with Crippen LogP contribution < -0.4 is 10.9 Å². The number of hydrogen-bond acceptors (Lipinski definition) is 3. The molecule has 29 heavy (non-hydrogen) atoms. The molecule has 1 amide bonds. The van der Waals surface area contributed by atoms with E-state index in [4.69, 9.17) is 0 Å². The first-order valence-electron chi connectivity index (χ1n) is 9.57. The number of benzene rings is 2. The molecule has 2 aromatic carbocycles. The van der Waals surface area contributed by atoms with Gasteiger partial charge in [0.2, 0.25) is 0 Å². The second-order valence-electron chi connectivity index (χ2n) is 6.81. The quantitative estimate of drug-likeness (QED) is 0.554. The van der Waals surface area contributed by atoms with Gasteiger partial charge >= 0.3 is 0 Å². The van der Waals surface area contributed by atoms with E-state index in [1.54, 1.807) is 22.9 Å². The maximum atomic E-state index is 13.1. The molecule has 0 bridgehead atoms. The van der Waals surface area contributed by atoms with E-state index in [9.17, 15) is 9.59 Å². The number of rotatable bonds is 6. The van der Waals surface area contributed by atoms with Crippen LogP contribution in [0, 0.1) is 0 Å². The van der Waals surface area contributed by atoms with E-state index in [0.717, 1.165) is 16.6 Å². The SMILES string of the molecule is O=C(NCc1ccccn1)c1cc2ccccc2c(=O)n1CCc1ccccc1. The molecule has 5 heteroatoms. The lowest BCUT2D eigenvalue weighted by Gasteiger charge is -2.14. The molecule has 0 fully saturated rings. The highest BCUT2D eigenvalue weighted by Crippen LogP contribution is 2.13. The van der Waals surface area contributed by atoms with Crippen LogP contribution in [-0.2, 0) is 19.5 Å². The Balaban J connectivity index is 1.66. The summed E-state index contributed by atoms with van der Waals surface area (Å²) < 4.78 is 1.57. The van der Waals surface area contributed by atoms with Crippen LogP contribution in [0.1, 0.15) is 21.7 Å². The molecular weight excluding hydrogens is 362 g/mol. The van der Waals surface area contributed by atoms with Crippen molar-refractivity contribution in [1.29, 1.82) is 0 Å². The largest absolute Gasteiger partial charge is 0.345 e. The molecule has 144 valence electrons. The van der Waals surface area contributed by atoms with Crippen molar-refractivity contribution in [3.63, 3.8) is 0 Å². The summed E-state index contributed by atoms with van der Waals surface area (Å²) >= 11 is 0. The maximum absolute atomic E-state index is 13.1. The van der Waals surface area contributed by atoms with Gasteiger partial charge in [-0.3, -0.25) is 14.6 Å². The van der Waals surface area contributed by atoms with Gasteiger partial charge in [0.05, 0.1) is 12.2 Å². The van der Waals surface area contributed by atoms with Crippen molar-refractivity contribution in [2.45, 2.75) is 19.5 Å². The average molecular weight is 383 g/mol. The highest BCUT2D eigenvalue weighted by molar-refractivity contribution is 5.96. The molecule has 0 spiro atoms. The van der Waals surface area contributed by atoms with Crippen LogP contribution in [0.25, 0.3) is 10.8 Å². The van der Waals surface area contributed by atoms with Crippen LogP contribution in [0.4, 0.5) is 0 Å². The molecule has 0 atom stereocenters. The van der Waals surface area contributed by atoms with Crippen LogP contribution in [0.2, 0.25) is 0 Å². The molecule has 4 rings (SSSR count). The van der Waals surface area contributed by atoms with E-state index in [1.807, 2.05) is 66.7 Å². The Labute approximate surface area is 168 Å². The van der Waals surface area contributed by atoms with Crippen LogP contribution >= 0.6 is 0 Å². The fraction of sp³-hybridized carbons (Fsp3) is 0.125. The molecule has 0 saturated heterocycles. The Morgan fingerprint density at radius 3 is 2.48 bits per heavy atom. The topological polar surface area (TPSA) is 64.0 Å². The molecule has 0 aliphatic heterocycles. The summed E-state index contributed by atoms with van der Waals surface area (Å²) in [4.78, 5) is 30.3. The van der Waals surface area contributed by atoms with E-state index in [2.05, 4.69) is 10.3 Å². The number of pyridine rings is 2. The van der Waals surface area contributed by atoms with Gasteiger partial charge in [-0.2, -0.15) is 0 Å². The zero-order chi connectivity index (χ0) is 20.1. The minimum Gasteiger partial charge on any atom is -0.345 e. The molecule has 0 saturated carbocycles. The zero-order valence-corrected chi connectivity index (χ0v) is 15.9. The Morgan fingerprint density at radius 1 is 0.931 bits per heavy atom. The third-order valence-electron chi connectivity index (χ3n) is 4.88. The fourth-order valence-corrected chi connectivity index (χ4v) is 3.36. The molecule has 0 aliphatic carbocycles. The minimum atomic E-state index is -0.286. The number of nitrogens with one attached hydrogen (secondary N) is 1.